The molecule has 1 saturated carbocycles. The van der Waals surface area contributed by atoms with Crippen molar-refractivity contribution in [2.75, 3.05) is 0 Å². The molecule has 0 radical (unpaired) electrons. The van der Waals surface area contributed by atoms with Gasteiger partial charge in [0.15, 0.2) is 0 Å². The van der Waals surface area contributed by atoms with Crippen molar-refractivity contribution in [2.45, 2.75) is 24.8 Å². The third kappa shape index (κ3) is 3.52. The van der Waals surface area contributed by atoms with E-state index in [1.807, 2.05) is 30.3 Å². The van der Waals surface area contributed by atoms with Crippen LogP contribution in [0.1, 0.15) is 24.8 Å². The van der Waals surface area contributed by atoms with Crippen LogP contribution in [0.2, 0.25) is 0 Å². The van der Waals surface area contributed by atoms with Crippen LogP contribution in [0.25, 0.3) is 22.4 Å². The lowest BCUT2D eigenvalue weighted by Gasteiger charge is -2.42. The average Bonchev–Trinajstić information content (AvgIpc) is 2.71. The number of carbonyl (C=O) groups is 1. The number of amides is 1. The van der Waals surface area contributed by atoms with E-state index < -0.39 is 16.6 Å². The second-order valence-electron chi connectivity index (χ2n) is 7.03. The quantitative estimate of drug-likeness (QED) is 0.493. The third-order valence-electron chi connectivity index (χ3n) is 5.32. The van der Waals surface area contributed by atoms with Crippen LogP contribution in [-0.4, -0.2) is 26.1 Å². The van der Waals surface area contributed by atoms with Gasteiger partial charge in [0.2, 0.25) is 0 Å². The van der Waals surface area contributed by atoms with Gasteiger partial charge in [0.05, 0.1) is 16.2 Å². The molecule has 2 N–H and O–H groups in total. The Hall–Kier alpha value is -3.81. The SMILES string of the molecule is O=C(O)NC1(c2ccc(-c3ncc([N+](=O)[O-])cc3-c3cccnc3)cc2)CCC1. The van der Waals surface area contributed by atoms with Crippen molar-refractivity contribution in [1.29, 1.82) is 0 Å². The summed E-state index contributed by atoms with van der Waals surface area (Å²) in [5.41, 5.74) is 2.99. The molecule has 1 aromatic carbocycles. The van der Waals surface area contributed by atoms with Gasteiger partial charge in [-0.3, -0.25) is 15.1 Å². The number of hydrogen-bond acceptors (Lipinski definition) is 5. The fraction of sp³-hybridized carbons (Fsp3) is 0.190. The van der Waals surface area contributed by atoms with E-state index in [1.165, 1.54) is 12.3 Å². The van der Waals surface area contributed by atoms with Gasteiger partial charge in [-0.05, 0) is 30.9 Å². The first kappa shape index (κ1) is 18.5. The molecule has 0 bridgehead atoms. The summed E-state index contributed by atoms with van der Waals surface area (Å²) in [6.45, 7) is 0. The van der Waals surface area contributed by atoms with Gasteiger partial charge < -0.3 is 10.4 Å². The van der Waals surface area contributed by atoms with Crippen LogP contribution in [0.5, 0.6) is 0 Å². The Balaban J connectivity index is 1.75. The van der Waals surface area contributed by atoms with Crippen LogP contribution >= 0.6 is 0 Å². The van der Waals surface area contributed by atoms with Crippen molar-refractivity contribution in [3.8, 4) is 22.4 Å². The van der Waals surface area contributed by atoms with Crippen LogP contribution in [-0.2, 0) is 5.54 Å². The Bertz CT molecular complexity index is 1060. The standard InChI is InChI=1S/C21H18N4O4/c26-20(27)24-21(8-2-9-21)16-6-4-14(5-7-16)19-18(15-3-1-10-22-12-15)11-17(13-23-19)25(28)29/h1,3-7,10-13,24H,2,8-9H2,(H,26,27). The first-order valence-corrected chi connectivity index (χ1v) is 9.15. The number of pyridine rings is 2. The minimum absolute atomic E-state index is 0.0942. The maximum Gasteiger partial charge on any atom is 0.405 e. The molecular weight excluding hydrogens is 372 g/mol. The molecule has 146 valence electrons. The molecule has 0 unspecified atom stereocenters. The molecule has 2 aromatic heterocycles. The molecule has 0 atom stereocenters. The Morgan fingerprint density at radius 1 is 1.14 bits per heavy atom. The molecule has 0 saturated heterocycles. The minimum Gasteiger partial charge on any atom is -0.465 e. The summed E-state index contributed by atoms with van der Waals surface area (Å²) in [7, 11) is 0. The number of hydrogen-bond donors (Lipinski definition) is 2. The minimum atomic E-state index is -1.04. The number of aromatic nitrogens is 2. The lowest BCUT2D eigenvalue weighted by molar-refractivity contribution is -0.385. The fourth-order valence-electron chi connectivity index (χ4n) is 3.69. The number of nitrogens with zero attached hydrogens (tertiary/aromatic N) is 3. The number of rotatable bonds is 5. The Morgan fingerprint density at radius 3 is 2.45 bits per heavy atom. The highest BCUT2D eigenvalue weighted by Gasteiger charge is 2.40. The second-order valence-corrected chi connectivity index (χ2v) is 7.03. The van der Waals surface area contributed by atoms with Crippen molar-refractivity contribution >= 4 is 11.8 Å². The molecule has 1 amide bonds. The van der Waals surface area contributed by atoms with Crippen molar-refractivity contribution < 1.29 is 14.8 Å². The van der Waals surface area contributed by atoms with Crippen molar-refractivity contribution in [3.63, 3.8) is 0 Å². The molecule has 3 aromatic rings. The highest BCUT2D eigenvalue weighted by atomic mass is 16.6. The first-order valence-electron chi connectivity index (χ1n) is 9.15. The van der Waals surface area contributed by atoms with Gasteiger partial charge in [0.25, 0.3) is 5.69 Å². The molecule has 4 rings (SSSR count). The van der Waals surface area contributed by atoms with Crippen molar-refractivity contribution in [3.05, 3.63) is 76.7 Å². The summed E-state index contributed by atoms with van der Waals surface area (Å²) in [5, 5.41) is 23.0. The summed E-state index contributed by atoms with van der Waals surface area (Å²) in [6, 6.07) is 12.6. The van der Waals surface area contributed by atoms with E-state index in [0.29, 0.717) is 11.3 Å². The summed E-state index contributed by atoms with van der Waals surface area (Å²) >= 11 is 0. The summed E-state index contributed by atoms with van der Waals surface area (Å²) in [4.78, 5) is 30.4. The Labute approximate surface area is 166 Å². The fourth-order valence-corrected chi connectivity index (χ4v) is 3.69. The molecule has 1 fully saturated rings. The lowest BCUT2D eigenvalue weighted by Crippen LogP contribution is -2.50. The zero-order chi connectivity index (χ0) is 20.4. The predicted octanol–water partition coefficient (Wildman–Crippen LogP) is 4.37. The van der Waals surface area contributed by atoms with E-state index in [1.54, 1.807) is 18.5 Å². The highest BCUT2D eigenvalue weighted by Crippen LogP contribution is 2.42. The van der Waals surface area contributed by atoms with E-state index >= 15 is 0 Å². The number of benzene rings is 1. The maximum absolute atomic E-state index is 11.2. The summed E-state index contributed by atoms with van der Waals surface area (Å²) in [6.07, 6.45) is 5.96. The zero-order valence-electron chi connectivity index (χ0n) is 15.4. The average molecular weight is 390 g/mol. The monoisotopic (exact) mass is 390 g/mol. The molecule has 0 aliphatic heterocycles. The van der Waals surface area contributed by atoms with E-state index in [4.69, 9.17) is 5.11 Å². The maximum atomic E-state index is 11.2. The topological polar surface area (TPSA) is 118 Å². The van der Waals surface area contributed by atoms with Gasteiger partial charge in [0, 0.05) is 35.2 Å². The molecule has 8 heteroatoms. The third-order valence-corrected chi connectivity index (χ3v) is 5.32. The predicted molar refractivity (Wildman–Crippen MR) is 106 cm³/mol. The molecular formula is C21H18N4O4. The lowest BCUT2D eigenvalue weighted by atomic mass is 9.71. The number of nitro groups is 1. The van der Waals surface area contributed by atoms with Gasteiger partial charge in [0.1, 0.15) is 6.20 Å². The molecule has 1 aliphatic carbocycles. The molecule has 1 aliphatic rings. The van der Waals surface area contributed by atoms with E-state index in [0.717, 1.165) is 36.0 Å². The van der Waals surface area contributed by atoms with Crippen LogP contribution < -0.4 is 5.32 Å². The summed E-state index contributed by atoms with van der Waals surface area (Å²) < 4.78 is 0. The van der Waals surface area contributed by atoms with E-state index in [-0.39, 0.29) is 5.69 Å². The highest BCUT2D eigenvalue weighted by molar-refractivity contribution is 5.81. The largest absolute Gasteiger partial charge is 0.465 e. The van der Waals surface area contributed by atoms with Gasteiger partial charge in [-0.25, -0.2) is 9.78 Å². The molecule has 2 heterocycles. The van der Waals surface area contributed by atoms with E-state index in [9.17, 15) is 14.9 Å². The van der Waals surface area contributed by atoms with Crippen molar-refractivity contribution in [1.82, 2.24) is 15.3 Å². The van der Waals surface area contributed by atoms with Gasteiger partial charge in [-0.1, -0.05) is 30.3 Å². The van der Waals surface area contributed by atoms with Crippen LogP contribution in [0.4, 0.5) is 10.5 Å². The first-order chi connectivity index (χ1) is 14.0. The number of carboxylic acid groups (broad SMARTS) is 1. The van der Waals surface area contributed by atoms with E-state index in [2.05, 4.69) is 15.3 Å². The summed E-state index contributed by atoms with van der Waals surface area (Å²) in [5.74, 6) is 0. The molecule has 0 spiro atoms. The van der Waals surface area contributed by atoms with Crippen LogP contribution in [0.3, 0.4) is 0 Å². The molecule has 8 nitrogen and oxygen atoms in total. The zero-order valence-corrected chi connectivity index (χ0v) is 15.4. The normalized spacial score (nSPS) is 14.6. The Morgan fingerprint density at radius 2 is 1.90 bits per heavy atom. The van der Waals surface area contributed by atoms with Crippen LogP contribution in [0, 0.1) is 10.1 Å². The van der Waals surface area contributed by atoms with Crippen LogP contribution in [0.15, 0.2) is 61.1 Å². The number of nitrogens with one attached hydrogen (secondary N) is 1. The molecule has 29 heavy (non-hydrogen) atoms. The second kappa shape index (κ2) is 7.31. The smallest absolute Gasteiger partial charge is 0.405 e. The van der Waals surface area contributed by atoms with Gasteiger partial charge in [-0.15, -0.1) is 0 Å². The Kier molecular flexibility index (Phi) is 4.67. The van der Waals surface area contributed by atoms with Crippen molar-refractivity contribution in [2.24, 2.45) is 0 Å². The van der Waals surface area contributed by atoms with Gasteiger partial charge in [-0.2, -0.15) is 0 Å². The van der Waals surface area contributed by atoms with Gasteiger partial charge >= 0.3 is 6.09 Å².